The van der Waals surface area contributed by atoms with Gasteiger partial charge < -0.3 is 9.88 Å². The third-order valence-corrected chi connectivity index (χ3v) is 6.82. The van der Waals surface area contributed by atoms with Gasteiger partial charge in [0.1, 0.15) is 5.82 Å². The van der Waals surface area contributed by atoms with Gasteiger partial charge in [-0.1, -0.05) is 33.6 Å². The molecule has 0 saturated heterocycles. The van der Waals surface area contributed by atoms with Crippen molar-refractivity contribution in [2.75, 3.05) is 11.6 Å². The zero-order chi connectivity index (χ0) is 18.4. The third kappa shape index (κ3) is 3.68. The van der Waals surface area contributed by atoms with E-state index in [-0.39, 0.29) is 16.7 Å². The Bertz CT molecular complexity index is 878. The van der Waals surface area contributed by atoms with E-state index in [2.05, 4.69) is 36.7 Å². The Morgan fingerprint density at radius 3 is 2.52 bits per heavy atom. The smallest absolute Gasteiger partial charge is 0.152 e. The Labute approximate surface area is 150 Å². The summed E-state index contributed by atoms with van der Waals surface area (Å²) in [6.45, 7) is 6.48. The molecule has 5 nitrogen and oxygen atoms in total. The summed E-state index contributed by atoms with van der Waals surface area (Å²) in [6, 6.07) is 6.12. The van der Waals surface area contributed by atoms with Crippen LogP contribution in [0.25, 0.3) is 11.0 Å². The number of hydrogen-bond acceptors (Lipinski definition) is 4. The van der Waals surface area contributed by atoms with Gasteiger partial charge in [-0.3, -0.25) is 0 Å². The van der Waals surface area contributed by atoms with Crippen LogP contribution in [0.5, 0.6) is 0 Å². The normalized spacial score (nSPS) is 22.3. The second-order valence-electron chi connectivity index (χ2n) is 8.35. The second-order valence-corrected chi connectivity index (χ2v) is 10.6. The number of anilines is 1. The fourth-order valence-electron chi connectivity index (χ4n) is 3.95. The van der Waals surface area contributed by atoms with Gasteiger partial charge in [0, 0.05) is 30.4 Å². The van der Waals surface area contributed by atoms with Crippen LogP contribution in [-0.2, 0) is 22.3 Å². The summed E-state index contributed by atoms with van der Waals surface area (Å²) in [5.74, 6) is 1.05. The van der Waals surface area contributed by atoms with Crippen molar-refractivity contribution in [1.82, 2.24) is 9.55 Å². The summed E-state index contributed by atoms with van der Waals surface area (Å²) in [6.07, 6.45) is 5.06. The van der Waals surface area contributed by atoms with Crippen LogP contribution in [0.3, 0.4) is 0 Å². The molecule has 1 saturated carbocycles. The van der Waals surface area contributed by atoms with E-state index in [0.717, 1.165) is 48.2 Å². The van der Waals surface area contributed by atoms with Crippen molar-refractivity contribution in [3.63, 3.8) is 0 Å². The van der Waals surface area contributed by atoms with Gasteiger partial charge in [0.15, 0.2) is 9.84 Å². The summed E-state index contributed by atoms with van der Waals surface area (Å²) in [5, 5.41) is 3.17. The zero-order valence-electron chi connectivity index (χ0n) is 15.8. The van der Waals surface area contributed by atoms with Crippen molar-refractivity contribution in [1.29, 1.82) is 0 Å². The predicted octanol–water partition coefficient (Wildman–Crippen LogP) is 3.64. The molecule has 1 N–H and O–H groups in total. The average molecular weight is 364 g/mol. The van der Waals surface area contributed by atoms with E-state index in [1.807, 2.05) is 19.2 Å². The highest BCUT2D eigenvalue weighted by atomic mass is 32.2. The van der Waals surface area contributed by atoms with E-state index < -0.39 is 9.84 Å². The molecule has 0 spiro atoms. The molecule has 6 heteroatoms. The summed E-state index contributed by atoms with van der Waals surface area (Å²) in [4.78, 5) is 4.81. The maximum absolute atomic E-state index is 12.1. The van der Waals surface area contributed by atoms with Crippen LogP contribution in [0.4, 0.5) is 5.69 Å². The van der Waals surface area contributed by atoms with Gasteiger partial charge in [-0.05, 0) is 31.0 Å². The lowest BCUT2D eigenvalue weighted by Crippen LogP contribution is -2.41. The number of nitrogens with one attached hydrogen (secondary N) is 1. The van der Waals surface area contributed by atoms with Crippen molar-refractivity contribution in [2.45, 2.75) is 63.2 Å². The molecule has 1 aliphatic rings. The molecular weight excluding hydrogens is 334 g/mol. The number of aryl methyl sites for hydroxylation is 1. The summed E-state index contributed by atoms with van der Waals surface area (Å²) in [7, 11) is -0.996. The van der Waals surface area contributed by atoms with Gasteiger partial charge in [0.25, 0.3) is 0 Å². The number of aromatic nitrogens is 2. The minimum Gasteiger partial charge on any atom is -0.381 e. The molecule has 1 fully saturated rings. The van der Waals surface area contributed by atoms with Crippen LogP contribution in [0.15, 0.2) is 18.2 Å². The lowest BCUT2D eigenvalue weighted by Gasteiger charge is -2.31. The quantitative estimate of drug-likeness (QED) is 0.904. The minimum atomic E-state index is -3.04. The Morgan fingerprint density at radius 1 is 1.20 bits per heavy atom. The molecule has 2 unspecified atom stereocenters. The number of nitrogens with zero attached hydrogens (tertiary/aromatic N) is 2. The summed E-state index contributed by atoms with van der Waals surface area (Å²) >= 11 is 0. The van der Waals surface area contributed by atoms with Crippen molar-refractivity contribution < 1.29 is 8.42 Å². The number of hydrogen-bond donors (Lipinski definition) is 1. The van der Waals surface area contributed by atoms with Crippen molar-refractivity contribution in [2.24, 2.45) is 7.05 Å². The number of rotatable bonds is 3. The van der Waals surface area contributed by atoms with Gasteiger partial charge in [0.05, 0.1) is 16.3 Å². The molecule has 3 rings (SSSR count). The van der Waals surface area contributed by atoms with Crippen LogP contribution in [-0.4, -0.2) is 35.5 Å². The minimum absolute atomic E-state index is 0.0213. The first-order chi connectivity index (χ1) is 11.6. The Morgan fingerprint density at radius 2 is 1.88 bits per heavy atom. The van der Waals surface area contributed by atoms with Crippen LogP contribution in [0, 0.1) is 0 Å². The highest BCUT2D eigenvalue weighted by Gasteiger charge is 2.32. The number of sulfone groups is 1. The first-order valence-electron chi connectivity index (χ1n) is 9.00. The molecule has 1 heterocycles. The van der Waals surface area contributed by atoms with E-state index in [1.54, 1.807) is 0 Å². The SMILES string of the molecule is Cn1c(C(C)(C)C)nc2cc(NC3CCCCC3S(C)(=O)=O)ccc21. The third-order valence-electron chi connectivity index (χ3n) is 5.16. The van der Waals surface area contributed by atoms with Gasteiger partial charge in [-0.15, -0.1) is 0 Å². The Hall–Kier alpha value is -1.56. The monoisotopic (exact) mass is 363 g/mol. The molecule has 1 aromatic heterocycles. The van der Waals surface area contributed by atoms with Gasteiger partial charge in [0.2, 0.25) is 0 Å². The largest absolute Gasteiger partial charge is 0.381 e. The molecule has 0 aliphatic heterocycles. The second kappa shape index (κ2) is 6.31. The van der Waals surface area contributed by atoms with Crippen LogP contribution < -0.4 is 5.32 Å². The van der Waals surface area contributed by atoms with E-state index in [4.69, 9.17) is 4.98 Å². The van der Waals surface area contributed by atoms with Crippen LogP contribution >= 0.6 is 0 Å². The lowest BCUT2D eigenvalue weighted by molar-refractivity contribution is 0.452. The molecule has 0 bridgehead atoms. The van der Waals surface area contributed by atoms with Gasteiger partial charge >= 0.3 is 0 Å². The number of imidazole rings is 1. The molecule has 0 radical (unpaired) electrons. The Kier molecular flexibility index (Phi) is 4.60. The highest BCUT2D eigenvalue weighted by molar-refractivity contribution is 7.91. The molecule has 2 atom stereocenters. The maximum atomic E-state index is 12.1. The number of benzene rings is 1. The topological polar surface area (TPSA) is 64.0 Å². The van der Waals surface area contributed by atoms with Crippen LogP contribution in [0.2, 0.25) is 0 Å². The van der Waals surface area contributed by atoms with Crippen molar-refractivity contribution in [3.05, 3.63) is 24.0 Å². The molecule has 1 aliphatic carbocycles. The van der Waals surface area contributed by atoms with Gasteiger partial charge in [-0.2, -0.15) is 0 Å². The first-order valence-corrected chi connectivity index (χ1v) is 11.0. The molecule has 0 amide bonds. The zero-order valence-corrected chi connectivity index (χ0v) is 16.7. The van der Waals surface area contributed by atoms with Crippen molar-refractivity contribution in [3.8, 4) is 0 Å². The summed E-state index contributed by atoms with van der Waals surface area (Å²) < 4.78 is 26.3. The van der Waals surface area contributed by atoms with Gasteiger partial charge in [-0.25, -0.2) is 13.4 Å². The van der Waals surface area contributed by atoms with E-state index in [9.17, 15) is 8.42 Å². The molecule has 2 aromatic rings. The number of fused-ring (bicyclic) bond motifs is 1. The Balaban J connectivity index is 1.92. The average Bonchev–Trinajstić information content (AvgIpc) is 2.83. The van der Waals surface area contributed by atoms with E-state index >= 15 is 0 Å². The fourth-order valence-corrected chi connectivity index (χ4v) is 5.34. The van der Waals surface area contributed by atoms with E-state index in [1.165, 1.54) is 6.26 Å². The molecule has 138 valence electrons. The predicted molar refractivity (Wildman–Crippen MR) is 104 cm³/mol. The molecular formula is C19H29N3O2S. The van der Waals surface area contributed by atoms with Crippen LogP contribution in [0.1, 0.15) is 52.3 Å². The van der Waals surface area contributed by atoms with Crippen molar-refractivity contribution >= 4 is 26.6 Å². The standard InChI is InChI=1S/C19H29N3O2S/c1-19(2,3)18-21-15-12-13(10-11-16(15)22(18)4)20-14-8-6-7-9-17(14)25(5,23)24/h10-12,14,17,20H,6-9H2,1-5H3. The fraction of sp³-hybridized carbons (Fsp3) is 0.632. The first kappa shape index (κ1) is 18.2. The summed E-state index contributed by atoms with van der Waals surface area (Å²) in [5.41, 5.74) is 2.97. The molecule has 25 heavy (non-hydrogen) atoms. The van der Waals surface area contributed by atoms with E-state index in [0.29, 0.717) is 0 Å². The highest BCUT2D eigenvalue weighted by Crippen LogP contribution is 2.30. The molecule has 1 aromatic carbocycles. The lowest BCUT2D eigenvalue weighted by atomic mass is 9.94. The maximum Gasteiger partial charge on any atom is 0.152 e.